The third kappa shape index (κ3) is 5.41. The summed E-state index contributed by atoms with van der Waals surface area (Å²) in [5, 5.41) is 0. The fraction of sp³-hybridized carbons (Fsp3) is 0.480. The van der Waals surface area contributed by atoms with Crippen LogP contribution >= 0.6 is 0 Å². The Labute approximate surface area is 180 Å². The minimum Gasteiger partial charge on any atom is -0.497 e. The lowest BCUT2D eigenvalue weighted by Gasteiger charge is -2.38. The van der Waals surface area contributed by atoms with Crippen molar-refractivity contribution in [2.45, 2.75) is 38.4 Å². The van der Waals surface area contributed by atoms with Gasteiger partial charge in [-0.3, -0.25) is 14.6 Å². The Bertz CT molecular complexity index is 818. The van der Waals surface area contributed by atoms with Gasteiger partial charge in [0.05, 0.1) is 7.11 Å². The molecular formula is C25H33N3O2. The van der Waals surface area contributed by atoms with Crippen molar-refractivity contribution >= 4 is 5.91 Å². The zero-order valence-corrected chi connectivity index (χ0v) is 18.0. The lowest BCUT2D eigenvalue weighted by molar-refractivity contribution is -0.130. The summed E-state index contributed by atoms with van der Waals surface area (Å²) < 4.78 is 5.32. The quantitative estimate of drug-likeness (QED) is 0.735. The number of carbonyl (C=O) groups excluding carboxylic acids is 1. The summed E-state index contributed by atoms with van der Waals surface area (Å²) in [6.45, 7) is 6.64. The molecule has 2 aliphatic heterocycles. The lowest BCUT2D eigenvalue weighted by atomic mass is 10.0. The first-order valence-electron chi connectivity index (χ1n) is 11.1. The van der Waals surface area contributed by atoms with E-state index in [4.69, 9.17) is 4.74 Å². The molecule has 0 radical (unpaired) electrons. The van der Waals surface area contributed by atoms with Crippen LogP contribution < -0.4 is 4.74 Å². The molecule has 2 aromatic rings. The van der Waals surface area contributed by atoms with Crippen LogP contribution in [0.15, 0.2) is 54.6 Å². The second-order valence-corrected chi connectivity index (χ2v) is 8.45. The molecule has 1 amide bonds. The fourth-order valence-electron chi connectivity index (χ4n) is 4.69. The number of nitrogens with zero attached hydrogens (tertiary/aromatic N) is 3. The van der Waals surface area contributed by atoms with Gasteiger partial charge in [-0.05, 0) is 49.2 Å². The van der Waals surface area contributed by atoms with Gasteiger partial charge in [0.15, 0.2) is 0 Å². The van der Waals surface area contributed by atoms with Crippen molar-refractivity contribution in [1.29, 1.82) is 0 Å². The van der Waals surface area contributed by atoms with Crippen LogP contribution in [0.1, 0.15) is 30.4 Å². The summed E-state index contributed by atoms with van der Waals surface area (Å²) in [5.74, 6) is 1.11. The molecule has 2 aliphatic rings. The number of carbonyl (C=O) groups is 1. The van der Waals surface area contributed by atoms with Crippen molar-refractivity contribution < 1.29 is 9.53 Å². The first kappa shape index (κ1) is 20.9. The molecule has 0 unspecified atom stereocenters. The molecule has 2 fully saturated rings. The SMILES string of the molecule is COc1cccc(CN2CCN(C3CCN(Cc4ccccc4)CC3)CCC2=O)c1. The summed E-state index contributed by atoms with van der Waals surface area (Å²) in [6.07, 6.45) is 3.00. The number of hydrogen-bond donors (Lipinski definition) is 0. The third-order valence-electron chi connectivity index (χ3n) is 6.45. The molecule has 2 saturated heterocycles. The molecule has 0 saturated carbocycles. The van der Waals surface area contributed by atoms with Gasteiger partial charge in [0.1, 0.15) is 5.75 Å². The number of amides is 1. The highest BCUT2D eigenvalue weighted by Crippen LogP contribution is 2.21. The summed E-state index contributed by atoms with van der Waals surface area (Å²) in [6, 6.07) is 19.4. The van der Waals surface area contributed by atoms with Crippen molar-refractivity contribution in [3.05, 3.63) is 65.7 Å². The summed E-state index contributed by atoms with van der Waals surface area (Å²) in [5.41, 5.74) is 2.52. The van der Waals surface area contributed by atoms with E-state index in [0.29, 0.717) is 19.0 Å². The second-order valence-electron chi connectivity index (χ2n) is 8.45. The Morgan fingerprint density at radius 3 is 2.40 bits per heavy atom. The smallest absolute Gasteiger partial charge is 0.224 e. The van der Waals surface area contributed by atoms with E-state index in [2.05, 4.69) is 46.2 Å². The highest BCUT2D eigenvalue weighted by Gasteiger charge is 2.28. The van der Waals surface area contributed by atoms with Gasteiger partial charge in [-0.2, -0.15) is 0 Å². The third-order valence-corrected chi connectivity index (χ3v) is 6.45. The molecule has 4 rings (SSSR count). The van der Waals surface area contributed by atoms with E-state index >= 15 is 0 Å². The summed E-state index contributed by atoms with van der Waals surface area (Å²) >= 11 is 0. The number of hydrogen-bond acceptors (Lipinski definition) is 4. The van der Waals surface area contributed by atoms with E-state index in [-0.39, 0.29) is 5.91 Å². The Kier molecular flexibility index (Phi) is 7.03. The van der Waals surface area contributed by atoms with Crippen molar-refractivity contribution in [2.75, 3.05) is 39.8 Å². The molecule has 0 aromatic heterocycles. The van der Waals surface area contributed by atoms with Gasteiger partial charge in [0.2, 0.25) is 5.91 Å². The van der Waals surface area contributed by atoms with Crippen molar-refractivity contribution in [2.24, 2.45) is 0 Å². The minimum absolute atomic E-state index is 0.266. The molecule has 2 aromatic carbocycles. The largest absolute Gasteiger partial charge is 0.497 e. The standard InChI is InChI=1S/C25H33N3O2/c1-30-24-9-5-8-22(18-24)20-28-17-16-27(15-12-25(28)29)23-10-13-26(14-11-23)19-21-6-3-2-4-7-21/h2-9,18,23H,10-17,19-20H2,1H3. The molecule has 0 atom stereocenters. The summed E-state index contributed by atoms with van der Waals surface area (Å²) in [7, 11) is 1.68. The van der Waals surface area contributed by atoms with Crippen LogP contribution in [0, 0.1) is 0 Å². The van der Waals surface area contributed by atoms with Gasteiger partial charge < -0.3 is 9.64 Å². The van der Waals surface area contributed by atoms with Crippen LogP contribution in [0.25, 0.3) is 0 Å². The average molecular weight is 408 g/mol. The molecule has 0 aliphatic carbocycles. The number of ether oxygens (including phenoxy) is 1. The predicted octanol–water partition coefficient (Wildman–Crippen LogP) is 3.39. The van der Waals surface area contributed by atoms with Gasteiger partial charge in [-0.15, -0.1) is 0 Å². The maximum absolute atomic E-state index is 12.7. The monoisotopic (exact) mass is 407 g/mol. The fourth-order valence-corrected chi connectivity index (χ4v) is 4.69. The zero-order valence-electron chi connectivity index (χ0n) is 18.0. The molecular weight excluding hydrogens is 374 g/mol. The van der Waals surface area contributed by atoms with Gasteiger partial charge in [0, 0.05) is 45.2 Å². The molecule has 2 heterocycles. The van der Waals surface area contributed by atoms with Crippen molar-refractivity contribution in [3.63, 3.8) is 0 Å². The molecule has 30 heavy (non-hydrogen) atoms. The van der Waals surface area contributed by atoms with Crippen LogP contribution in [-0.4, -0.2) is 66.5 Å². The normalized spacial score (nSPS) is 19.6. The molecule has 5 heteroatoms. The van der Waals surface area contributed by atoms with E-state index in [0.717, 1.165) is 50.6 Å². The molecule has 0 spiro atoms. The van der Waals surface area contributed by atoms with Crippen LogP contribution in [0.2, 0.25) is 0 Å². The first-order valence-corrected chi connectivity index (χ1v) is 11.1. The Morgan fingerprint density at radius 2 is 1.63 bits per heavy atom. The highest BCUT2D eigenvalue weighted by molar-refractivity contribution is 5.76. The Hall–Kier alpha value is -2.37. The van der Waals surface area contributed by atoms with Crippen LogP contribution in [-0.2, 0) is 17.9 Å². The van der Waals surface area contributed by atoms with E-state index in [1.165, 1.54) is 18.4 Å². The average Bonchev–Trinajstić information content (AvgIpc) is 2.97. The Morgan fingerprint density at radius 1 is 0.867 bits per heavy atom. The van der Waals surface area contributed by atoms with Crippen molar-refractivity contribution in [1.82, 2.24) is 14.7 Å². The predicted molar refractivity (Wildman–Crippen MR) is 119 cm³/mol. The summed E-state index contributed by atoms with van der Waals surface area (Å²) in [4.78, 5) is 19.8. The van der Waals surface area contributed by atoms with Crippen LogP contribution in [0.4, 0.5) is 0 Å². The Balaban J connectivity index is 1.28. The molecule has 0 N–H and O–H groups in total. The zero-order chi connectivity index (χ0) is 20.8. The van der Waals surface area contributed by atoms with E-state index in [1.807, 2.05) is 23.1 Å². The number of methoxy groups -OCH3 is 1. The molecule has 0 bridgehead atoms. The van der Waals surface area contributed by atoms with Gasteiger partial charge in [-0.25, -0.2) is 0 Å². The minimum atomic E-state index is 0.266. The van der Waals surface area contributed by atoms with E-state index in [9.17, 15) is 4.79 Å². The van der Waals surface area contributed by atoms with Crippen LogP contribution in [0.3, 0.4) is 0 Å². The lowest BCUT2D eigenvalue weighted by Crippen LogP contribution is -2.45. The number of rotatable bonds is 6. The number of piperidine rings is 1. The first-order chi connectivity index (χ1) is 14.7. The number of likely N-dealkylation sites (tertiary alicyclic amines) is 1. The maximum atomic E-state index is 12.7. The van der Waals surface area contributed by atoms with Gasteiger partial charge >= 0.3 is 0 Å². The van der Waals surface area contributed by atoms with E-state index < -0.39 is 0 Å². The van der Waals surface area contributed by atoms with E-state index in [1.54, 1.807) is 7.11 Å². The highest BCUT2D eigenvalue weighted by atomic mass is 16.5. The second kappa shape index (κ2) is 10.1. The maximum Gasteiger partial charge on any atom is 0.224 e. The van der Waals surface area contributed by atoms with Gasteiger partial charge in [0.25, 0.3) is 0 Å². The molecule has 5 nitrogen and oxygen atoms in total. The number of benzene rings is 2. The van der Waals surface area contributed by atoms with Crippen molar-refractivity contribution in [3.8, 4) is 5.75 Å². The van der Waals surface area contributed by atoms with Crippen LogP contribution in [0.5, 0.6) is 5.75 Å². The molecule has 160 valence electrons. The topological polar surface area (TPSA) is 36.0 Å². The van der Waals surface area contributed by atoms with Gasteiger partial charge in [-0.1, -0.05) is 42.5 Å².